The van der Waals surface area contributed by atoms with Gasteiger partial charge in [0, 0.05) is 6.04 Å². The van der Waals surface area contributed by atoms with Crippen LogP contribution in [0.15, 0.2) is 12.1 Å². The zero-order chi connectivity index (χ0) is 12.8. The van der Waals surface area contributed by atoms with E-state index in [4.69, 9.17) is 9.47 Å². The summed E-state index contributed by atoms with van der Waals surface area (Å²) < 4.78 is 10.7. The van der Waals surface area contributed by atoms with Crippen molar-refractivity contribution in [1.29, 1.82) is 0 Å². The van der Waals surface area contributed by atoms with Crippen molar-refractivity contribution in [2.45, 2.75) is 32.7 Å². The smallest absolute Gasteiger partial charge is 0.161 e. The minimum absolute atomic E-state index is 0.375. The summed E-state index contributed by atoms with van der Waals surface area (Å²) in [5.74, 6) is 1.59. The molecule has 0 amide bonds. The summed E-state index contributed by atoms with van der Waals surface area (Å²) in [7, 11) is 5.33. The second-order valence-electron chi connectivity index (χ2n) is 4.19. The quantitative estimate of drug-likeness (QED) is 0.824. The van der Waals surface area contributed by atoms with Crippen LogP contribution in [0.3, 0.4) is 0 Å². The van der Waals surface area contributed by atoms with Crippen LogP contribution in [0.25, 0.3) is 0 Å². The Morgan fingerprint density at radius 3 is 2.24 bits per heavy atom. The van der Waals surface area contributed by atoms with Crippen LogP contribution in [-0.4, -0.2) is 21.3 Å². The molecular formula is C14H23NO2. The first kappa shape index (κ1) is 13.8. The lowest BCUT2D eigenvalue weighted by atomic mass is 9.97. The molecule has 1 aromatic rings. The van der Waals surface area contributed by atoms with E-state index in [1.807, 2.05) is 13.1 Å². The lowest BCUT2D eigenvalue weighted by Crippen LogP contribution is -2.17. The molecule has 1 rings (SSSR count). The largest absolute Gasteiger partial charge is 0.493 e. The monoisotopic (exact) mass is 237 g/mol. The minimum Gasteiger partial charge on any atom is -0.493 e. The molecule has 96 valence electrons. The van der Waals surface area contributed by atoms with Gasteiger partial charge in [-0.3, -0.25) is 0 Å². The van der Waals surface area contributed by atoms with Crippen LogP contribution in [0, 0.1) is 6.92 Å². The van der Waals surface area contributed by atoms with Crippen molar-refractivity contribution in [2.24, 2.45) is 0 Å². The number of ether oxygens (including phenoxy) is 2. The first-order chi connectivity index (χ1) is 8.17. The van der Waals surface area contributed by atoms with Crippen molar-refractivity contribution in [1.82, 2.24) is 5.32 Å². The molecule has 3 heteroatoms. The molecule has 0 spiro atoms. The Kier molecular flexibility index (Phi) is 5.29. The standard InChI is InChI=1S/C14H23NO2/c1-6-7-12(15-3)11-9-14(17-5)13(16-4)8-10(11)2/h8-9,12,15H,6-7H2,1-5H3. The molecule has 0 saturated carbocycles. The maximum atomic E-state index is 5.35. The predicted molar refractivity (Wildman–Crippen MR) is 71.0 cm³/mol. The normalized spacial score (nSPS) is 12.3. The molecule has 0 heterocycles. The number of hydrogen-bond donors (Lipinski definition) is 1. The summed E-state index contributed by atoms with van der Waals surface area (Å²) in [6.07, 6.45) is 2.27. The fourth-order valence-electron chi connectivity index (χ4n) is 2.12. The van der Waals surface area contributed by atoms with Gasteiger partial charge in [-0.25, -0.2) is 0 Å². The SMILES string of the molecule is CCCC(NC)c1cc(OC)c(OC)cc1C. The number of rotatable bonds is 6. The highest BCUT2D eigenvalue weighted by Crippen LogP contribution is 2.33. The van der Waals surface area contributed by atoms with Gasteiger partial charge in [0.15, 0.2) is 11.5 Å². The highest BCUT2D eigenvalue weighted by Gasteiger charge is 2.15. The fraction of sp³-hybridized carbons (Fsp3) is 0.571. The van der Waals surface area contributed by atoms with Gasteiger partial charge in [-0.2, -0.15) is 0 Å². The van der Waals surface area contributed by atoms with Crippen molar-refractivity contribution in [3.05, 3.63) is 23.3 Å². The zero-order valence-corrected chi connectivity index (χ0v) is 11.5. The van der Waals surface area contributed by atoms with Gasteiger partial charge in [0.2, 0.25) is 0 Å². The lowest BCUT2D eigenvalue weighted by molar-refractivity contribution is 0.353. The van der Waals surface area contributed by atoms with E-state index in [1.54, 1.807) is 14.2 Å². The van der Waals surface area contributed by atoms with Crippen molar-refractivity contribution >= 4 is 0 Å². The number of aryl methyl sites for hydroxylation is 1. The third-order valence-electron chi connectivity index (χ3n) is 3.07. The molecule has 0 aliphatic rings. The van der Waals surface area contributed by atoms with E-state index in [0.29, 0.717) is 6.04 Å². The van der Waals surface area contributed by atoms with Crippen molar-refractivity contribution in [3.8, 4) is 11.5 Å². The second-order valence-corrected chi connectivity index (χ2v) is 4.19. The Morgan fingerprint density at radius 2 is 1.76 bits per heavy atom. The third-order valence-corrected chi connectivity index (χ3v) is 3.07. The van der Waals surface area contributed by atoms with Crippen molar-refractivity contribution < 1.29 is 9.47 Å². The van der Waals surface area contributed by atoms with Crippen LogP contribution < -0.4 is 14.8 Å². The Bertz CT molecular complexity index is 363. The van der Waals surface area contributed by atoms with Gasteiger partial charge in [0.25, 0.3) is 0 Å². The predicted octanol–water partition coefficient (Wildman–Crippen LogP) is 3.07. The van der Waals surface area contributed by atoms with Gasteiger partial charge in [-0.15, -0.1) is 0 Å². The highest BCUT2D eigenvalue weighted by atomic mass is 16.5. The summed E-state index contributed by atoms with van der Waals surface area (Å²) in [5, 5.41) is 3.35. The summed E-state index contributed by atoms with van der Waals surface area (Å²) in [5.41, 5.74) is 2.52. The molecule has 0 saturated heterocycles. The molecular weight excluding hydrogens is 214 g/mol. The first-order valence-electron chi connectivity index (χ1n) is 6.07. The maximum Gasteiger partial charge on any atom is 0.161 e. The topological polar surface area (TPSA) is 30.5 Å². The van der Waals surface area contributed by atoms with Crippen LogP contribution in [0.2, 0.25) is 0 Å². The van der Waals surface area contributed by atoms with E-state index >= 15 is 0 Å². The highest BCUT2D eigenvalue weighted by molar-refractivity contribution is 5.48. The Labute approximate surface area is 104 Å². The molecule has 0 bridgehead atoms. The van der Waals surface area contributed by atoms with E-state index < -0.39 is 0 Å². The van der Waals surface area contributed by atoms with E-state index in [-0.39, 0.29) is 0 Å². The number of methoxy groups -OCH3 is 2. The Morgan fingerprint density at radius 1 is 1.18 bits per heavy atom. The summed E-state index contributed by atoms with van der Waals surface area (Å²) in [4.78, 5) is 0. The van der Waals surface area contributed by atoms with Gasteiger partial charge in [0.1, 0.15) is 0 Å². The van der Waals surface area contributed by atoms with Crippen LogP contribution in [0.4, 0.5) is 0 Å². The molecule has 0 fully saturated rings. The van der Waals surface area contributed by atoms with Crippen LogP contribution >= 0.6 is 0 Å². The molecule has 0 radical (unpaired) electrons. The summed E-state index contributed by atoms with van der Waals surface area (Å²) in [6.45, 7) is 4.30. The molecule has 1 unspecified atom stereocenters. The molecule has 3 nitrogen and oxygen atoms in total. The molecule has 1 N–H and O–H groups in total. The Hall–Kier alpha value is -1.22. The average molecular weight is 237 g/mol. The van der Waals surface area contributed by atoms with E-state index in [2.05, 4.69) is 25.2 Å². The molecule has 0 aromatic heterocycles. The zero-order valence-electron chi connectivity index (χ0n) is 11.5. The van der Waals surface area contributed by atoms with Gasteiger partial charge in [-0.05, 0) is 43.7 Å². The van der Waals surface area contributed by atoms with Crippen LogP contribution in [0.1, 0.15) is 36.9 Å². The summed E-state index contributed by atoms with van der Waals surface area (Å²) in [6, 6.07) is 4.49. The number of nitrogens with one attached hydrogen (secondary N) is 1. The van der Waals surface area contributed by atoms with Crippen molar-refractivity contribution in [3.63, 3.8) is 0 Å². The molecule has 0 aliphatic heterocycles. The first-order valence-corrected chi connectivity index (χ1v) is 6.07. The van der Waals surface area contributed by atoms with E-state index in [9.17, 15) is 0 Å². The molecule has 0 aliphatic carbocycles. The minimum atomic E-state index is 0.375. The van der Waals surface area contributed by atoms with Gasteiger partial charge in [0.05, 0.1) is 14.2 Å². The van der Waals surface area contributed by atoms with Gasteiger partial charge >= 0.3 is 0 Å². The molecule has 1 aromatic carbocycles. The molecule has 1 atom stereocenters. The lowest BCUT2D eigenvalue weighted by Gasteiger charge is -2.20. The average Bonchev–Trinajstić information content (AvgIpc) is 2.36. The third kappa shape index (κ3) is 3.13. The Balaban J connectivity index is 3.14. The summed E-state index contributed by atoms with van der Waals surface area (Å²) >= 11 is 0. The van der Waals surface area contributed by atoms with Gasteiger partial charge < -0.3 is 14.8 Å². The number of hydrogen-bond acceptors (Lipinski definition) is 3. The maximum absolute atomic E-state index is 5.35. The number of benzene rings is 1. The van der Waals surface area contributed by atoms with Gasteiger partial charge in [-0.1, -0.05) is 13.3 Å². The van der Waals surface area contributed by atoms with E-state index in [1.165, 1.54) is 11.1 Å². The molecule has 17 heavy (non-hydrogen) atoms. The fourth-order valence-corrected chi connectivity index (χ4v) is 2.12. The van der Waals surface area contributed by atoms with E-state index in [0.717, 1.165) is 24.3 Å². The second kappa shape index (κ2) is 6.50. The van der Waals surface area contributed by atoms with Crippen LogP contribution in [-0.2, 0) is 0 Å². The van der Waals surface area contributed by atoms with Crippen LogP contribution in [0.5, 0.6) is 11.5 Å². The van der Waals surface area contributed by atoms with Crippen molar-refractivity contribution in [2.75, 3.05) is 21.3 Å².